The Kier molecular flexibility index (Phi) is 4.64. The zero-order valence-electron chi connectivity index (χ0n) is 12.2. The highest BCUT2D eigenvalue weighted by Crippen LogP contribution is 2.51. The fourth-order valence-corrected chi connectivity index (χ4v) is 3.88. The number of cyclic esters (lactones) is 2. The first kappa shape index (κ1) is 14.5. The molecule has 1 saturated carbocycles. The first-order valence-corrected chi connectivity index (χ1v) is 7.90. The minimum absolute atomic E-state index is 0.149. The van der Waals surface area contributed by atoms with E-state index in [-0.39, 0.29) is 17.9 Å². The zero-order valence-corrected chi connectivity index (χ0v) is 12.2. The van der Waals surface area contributed by atoms with E-state index in [9.17, 15) is 9.59 Å². The molecule has 108 valence electrons. The molecule has 0 radical (unpaired) electrons. The van der Waals surface area contributed by atoms with Gasteiger partial charge >= 0.3 is 11.9 Å². The number of ether oxygens (including phenoxy) is 1. The molecule has 0 aromatic carbocycles. The standard InChI is InChI=1S/C16H26O3/c1-3-5-8-12(4-2)11-16-10-7-6-9-13(16)14(17)19-15(16)18/h12-13H,3-11H2,1-2H3. The van der Waals surface area contributed by atoms with Gasteiger partial charge in [-0.25, -0.2) is 0 Å². The average Bonchev–Trinajstić information content (AvgIpc) is 2.67. The third kappa shape index (κ3) is 2.70. The molecule has 3 nitrogen and oxygen atoms in total. The first-order valence-electron chi connectivity index (χ1n) is 7.90. The molecule has 3 atom stereocenters. The molecule has 0 spiro atoms. The van der Waals surface area contributed by atoms with Crippen molar-refractivity contribution in [2.24, 2.45) is 17.3 Å². The molecule has 19 heavy (non-hydrogen) atoms. The first-order chi connectivity index (χ1) is 9.14. The third-order valence-corrected chi connectivity index (χ3v) is 5.11. The van der Waals surface area contributed by atoms with Gasteiger partial charge < -0.3 is 4.74 Å². The number of carbonyl (C=O) groups excluding carboxylic acids is 2. The minimum atomic E-state index is -0.469. The molecule has 1 saturated heterocycles. The summed E-state index contributed by atoms with van der Waals surface area (Å²) in [4.78, 5) is 24.1. The summed E-state index contributed by atoms with van der Waals surface area (Å²) in [7, 11) is 0. The lowest BCUT2D eigenvalue weighted by atomic mass is 9.63. The van der Waals surface area contributed by atoms with Crippen molar-refractivity contribution in [3.63, 3.8) is 0 Å². The average molecular weight is 266 g/mol. The molecule has 0 N–H and O–H groups in total. The summed E-state index contributed by atoms with van der Waals surface area (Å²) in [5.41, 5.74) is -0.469. The molecule has 3 unspecified atom stereocenters. The second-order valence-corrected chi connectivity index (χ2v) is 6.28. The summed E-state index contributed by atoms with van der Waals surface area (Å²) in [5.74, 6) is -0.0735. The second kappa shape index (κ2) is 6.06. The molecule has 2 rings (SSSR count). The van der Waals surface area contributed by atoms with Crippen LogP contribution in [0.3, 0.4) is 0 Å². The quantitative estimate of drug-likeness (QED) is 0.541. The molecule has 0 bridgehead atoms. The third-order valence-electron chi connectivity index (χ3n) is 5.11. The van der Waals surface area contributed by atoms with Crippen LogP contribution in [-0.4, -0.2) is 11.9 Å². The van der Waals surface area contributed by atoms with Crippen LogP contribution in [-0.2, 0) is 14.3 Å². The van der Waals surface area contributed by atoms with E-state index in [1.807, 2.05) is 0 Å². The Morgan fingerprint density at radius 1 is 1.32 bits per heavy atom. The number of rotatable bonds is 6. The van der Waals surface area contributed by atoms with Gasteiger partial charge in [0.1, 0.15) is 0 Å². The van der Waals surface area contributed by atoms with Gasteiger partial charge in [-0.2, -0.15) is 0 Å². The highest BCUT2D eigenvalue weighted by Gasteiger charge is 2.58. The van der Waals surface area contributed by atoms with Gasteiger partial charge in [-0.05, 0) is 25.2 Å². The number of fused-ring (bicyclic) bond motifs is 1. The summed E-state index contributed by atoms with van der Waals surface area (Å²) in [6.45, 7) is 4.39. The van der Waals surface area contributed by atoms with Crippen LogP contribution >= 0.6 is 0 Å². The highest BCUT2D eigenvalue weighted by atomic mass is 16.6. The van der Waals surface area contributed by atoms with E-state index in [1.54, 1.807) is 0 Å². The summed E-state index contributed by atoms with van der Waals surface area (Å²) < 4.78 is 4.98. The molecular weight excluding hydrogens is 240 g/mol. The van der Waals surface area contributed by atoms with Crippen molar-refractivity contribution in [2.45, 2.75) is 71.6 Å². The van der Waals surface area contributed by atoms with E-state index in [0.29, 0.717) is 5.92 Å². The molecule has 2 aliphatic rings. The Balaban J connectivity index is 2.13. The molecule has 1 heterocycles. The summed E-state index contributed by atoms with van der Waals surface area (Å²) in [5, 5.41) is 0. The van der Waals surface area contributed by atoms with Gasteiger partial charge in [0.05, 0.1) is 11.3 Å². The second-order valence-electron chi connectivity index (χ2n) is 6.28. The van der Waals surface area contributed by atoms with Gasteiger partial charge in [-0.15, -0.1) is 0 Å². The van der Waals surface area contributed by atoms with E-state index in [4.69, 9.17) is 4.74 Å². The Morgan fingerprint density at radius 2 is 2.11 bits per heavy atom. The van der Waals surface area contributed by atoms with Crippen LogP contribution in [0.25, 0.3) is 0 Å². The fraction of sp³-hybridized carbons (Fsp3) is 0.875. The van der Waals surface area contributed by atoms with Crippen LogP contribution in [0.15, 0.2) is 0 Å². The van der Waals surface area contributed by atoms with Crippen LogP contribution in [0.5, 0.6) is 0 Å². The zero-order chi connectivity index (χ0) is 13.9. The molecule has 1 aliphatic carbocycles. The Morgan fingerprint density at radius 3 is 2.79 bits per heavy atom. The van der Waals surface area contributed by atoms with E-state index < -0.39 is 5.41 Å². The summed E-state index contributed by atoms with van der Waals surface area (Å²) in [6.07, 6.45) is 9.33. The molecular formula is C16H26O3. The van der Waals surface area contributed by atoms with Crippen molar-refractivity contribution >= 4 is 11.9 Å². The molecule has 0 aromatic rings. The summed E-state index contributed by atoms with van der Waals surface area (Å²) >= 11 is 0. The van der Waals surface area contributed by atoms with Crippen molar-refractivity contribution < 1.29 is 14.3 Å². The molecule has 0 amide bonds. The lowest BCUT2D eigenvalue weighted by Crippen LogP contribution is -2.38. The highest BCUT2D eigenvalue weighted by molar-refractivity contribution is 5.99. The SMILES string of the molecule is CCCCC(CC)CC12CCCCC1C(=O)OC2=O. The fourth-order valence-electron chi connectivity index (χ4n) is 3.88. The summed E-state index contributed by atoms with van der Waals surface area (Å²) in [6, 6.07) is 0. The van der Waals surface area contributed by atoms with Crippen molar-refractivity contribution in [2.75, 3.05) is 0 Å². The number of unbranched alkanes of at least 4 members (excludes halogenated alkanes) is 1. The van der Waals surface area contributed by atoms with Crippen molar-refractivity contribution in [1.29, 1.82) is 0 Å². The monoisotopic (exact) mass is 266 g/mol. The molecule has 0 aromatic heterocycles. The molecule has 3 heteroatoms. The molecule has 1 aliphatic heterocycles. The van der Waals surface area contributed by atoms with Crippen LogP contribution in [0.1, 0.15) is 71.6 Å². The van der Waals surface area contributed by atoms with Crippen molar-refractivity contribution in [3.05, 3.63) is 0 Å². The molecule has 2 fully saturated rings. The van der Waals surface area contributed by atoms with Gasteiger partial charge in [0.2, 0.25) is 0 Å². The predicted molar refractivity (Wildman–Crippen MR) is 73.4 cm³/mol. The van der Waals surface area contributed by atoms with E-state index in [1.165, 1.54) is 19.3 Å². The van der Waals surface area contributed by atoms with E-state index >= 15 is 0 Å². The predicted octanol–water partition coefficient (Wildman–Crippen LogP) is 3.85. The maximum Gasteiger partial charge on any atom is 0.320 e. The van der Waals surface area contributed by atoms with Crippen LogP contribution < -0.4 is 0 Å². The smallest absolute Gasteiger partial charge is 0.320 e. The maximum atomic E-state index is 12.2. The van der Waals surface area contributed by atoms with Crippen molar-refractivity contribution in [3.8, 4) is 0 Å². The van der Waals surface area contributed by atoms with Crippen LogP contribution in [0.4, 0.5) is 0 Å². The van der Waals surface area contributed by atoms with Gasteiger partial charge in [0, 0.05) is 0 Å². The van der Waals surface area contributed by atoms with E-state index in [2.05, 4.69) is 13.8 Å². The number of carbonyl (C=O) groups is 2. The van der Waals surface area contributed by atoms with Gasteiger partial charge in [-0.1, -0.05) is 52.4 Å². The lowest BCUT2D eigenvalue weighted by molar-refractivity contribution is -0.155. The number of hydrogen-bond acceptors (Lipinski definition) is 3. The largest absolute Gasteiger partial charge is 0.392 e. The number of esters is 2. The van der Waals surface area contributed by atoms with Crippen LogP contribution in [0.2, 0.25) is 0 Å². The van der Waals surface area contributed by atoms with Crippen molar-refractivity contribution in [1.82, 2.24) is 0 Å². The topological polar surface area (TPSA) is 43.4 Å². The van der Waals surface area contributed by atoms with Crippen LogP contribution in [0, 0.1) is 17.3 Å². The normalized spacial score (nSPS) is 32.0. The Labute approximate surface area is 116 Å². The van der Waals surface area contributed by atoms with Gasteiger partial charge in [0.25, 0.3) is 0 Å². The maximum absolute atomic E-state index is 12.2. The van der Waals surface area contributed by atoms with E-state index in [0.717, 1.165) is 38.5 Å². The minimum Gasteiger partial charge on any atom is -0.392 e. The van der Waals surface area contributed by atoms with Gasteiger partial charge in [0.15, 0.2) is 0 Å². The lowest BCUT2D eigenvalue weighted by Gasteiger charge is -2.36. The Bertz CT molecular complexity index is 350. The van der Waals surface area contributed by atoms with Gasteiger partial charge in [-0.3, -0.25) is 9.59 Å². The Hall–Kier alpha value is -0.860. The number of hydrogen-bond donors (Lipinski definition) is 0.